The van der Waals surface area contributed by atoms with Crippen LogP contribution in [0, 0.1) is 17.3 Å². The Hall–Kier alpha value is -2.21. The number of anilines is 1. The zero-order chi connectivity index (χ0) is 20.4. The molecule has 1 aromatic carbocycles. The molecule has 4 rings (SSSR count). The minimum absolute atomic E-state index is 0.0178. The highest BCUT2D eigenvalue weighted by atomic mass is 79.9. The maximum absolute atomic E-state index is 13.5. The third-order valence-electron chi connectivity index (χ3n) is 5.88. The van der Waals surface area contributed by atoms with Crippen molar-refractivity contribution in [1.29, 1.82) is 0 Å². The molecule has 146 valence electrons. The van der Waals surface area contributed by atoms with Crippen molar-refractivity contribution in [2.75, 3.05) is 11.4 Å². The summed E-state index contributed by atoms with van der Waals surface area (Å²) >= 11 is 3.49. The molecular weight excluding hydrogens is 420 g/mol. The average Bonchev–Trinajstić information content (AvgIpc) is 3.09. The van der Waals surface area contributed by atoms with Gasteiger partial charge in [0.05, 0.1) is 17.9 Å². The van der Waals surface area contributed by atoms with Crippen LogP contribution in [-0.4, -0.2) is 41.1 Å². The predicted octanol–water partition coefficient (Wildman–Crippen LogP) is 3.44. The smallest absolute Gasteiger partial charge is 0.236 e. The molecule has 6 heteroatoms. The molecule has 0 aliphatic carbocycles. The van der Waals surface area contributed by atoms with E-state index < -0.39 is 23.3 Å². The van der Waals surface area contributed by atoms with Crippen LogP contribution in [0.3, 0.4) is 0 Å². The maximum atomic E-state index is 13.5. The van der Waals surface area contributed by atoms with Crippen LogP contribution in [0.2, 0.25) is 0 Å². The number of Topliss-reactive ketones (excluding diaryl/α,β-unsaturated/α-hetero) is 1. The van der Waals surface area contributed by atoms with E-state index >= 15 is 0 Å². The van der Waals surface area contributed by atoms with Gasteiger partial charge in [-0.15, -0.1) is 6.58 Å². The summed E-state index contributed by atoms with van der Waals surface area (Å²) in [6, 6.07) is 4.90. The summed E-state index contributed by atoms with van der Waals surface area (Å²) in [6.07, 6.45) is 5.50. The maximum Gasteiger partial charge on any atom is 0.236 e. The van der Waals surface area contributed by atoms with Crippen LogP contribution in [0.25, 0.3) is 6.08 Å². The first-order valence-corrected chi connectivity index (χ1v) is 10.2. The van der Waals surface area contributed by atoms with Gasteiger partial charge in [0.25, 0.3) is 0 Å². The van der Waals surface area contributed by atoms with Gasteiger partial charge in [0.1, 0.15) is 6.04 Å². The van der Waals surface area contributed by atoms with Crippen molar-refractivity contribution in [3.05, 3.63) is 47.0 Å². The first kappa shape index (κ1) is 19.1. The van der Waals surface area contributed by atoms with Crippen molar-refractivity contribution in [3.8, 4) is 0 Å². The normalized spacial score (nSPS) is 28.3. The number of rotatable bonds is 3. The zero-order valence-corrected chi connectivity index (χ0v) is 17.8. The second kappa shape index (κ2) is 6.41. The summed E-state index contributed by atoms with van der Waals surface area (Å²) in [5.41, 5.74) is 1.24. The lowest BCUT2D eigenvalue weighted by Crippen LogP contribution is -2.51. The van der Waals surface area contributed by atoms with E-state index in [1.807, 2.05) is 56.0 Å². The molecule has 2 fully saturated rings. The largest absolute Gasteiger partial charge is 0.353 e. The molecule has 3 aliphatic heterocycles. The fourth-order valence-corrected chi connectivity index (χ4v) is 5.04. The lowest BCUT2D eigenvalue weighted by molar-refractivity contribution is -0.141. The Morgan fingerprint density at radius 2 is 1.89 bits per heavy atom. The summed E-state index contributed by atoms with van der Waals surface area (Å²) in [6.45, 7) is 9.43. The number of carbonyl (C=O) groups is 3. The summed E-state index contributed by atoms with van der Waals surface area (Å²) in [4.78, 5) is 43.0. The van der Waals surface area contributed by atoms with E-state index in [1.165, 1.54) is 4.90 Å². The van der Waals surface area contributed by atoms with E-state index in [9.17, 15) is 14.4 Å². The number of halogens is 1. The highest BCUT2D eigenvalue weighted by molar-refractivity contribution is 9.10. The molecule has 2 amide bonds. The van der Waals surface area contributed by atoms with E-state index in [1.54, 1.807) is 6.08 Å². The quantitative estimate of drug-likeness (QED) is 0.531. The van der Waals surface area contributed by atoms with Gasteiger partial charge in [-0.2, -0.15) is 0 Å². The molecule has 0 aromatic heterocycles. The standard InChI is InChI=1S/C22H23BrN2O3/c1-5-10-24-20(27)16-15-8-6-12-11-13(23)7-9-14(12)25(15)18(17(16)21(24)28)19(26)22(2,3)4/h5-9,11,15-18H,1,10H2,2-4H3/t15-,16-,17-,18-/m0/s1. The molecule has 0 spiro atoms. The fraction of sp³-hybridized carbons (Fsp3) is 0.409. The minimum atomic E-state index is -0.663. The molecule has 1 aromatic rings. The van der Waals surface area contributed by atoms with Crippen molar-refractivity contribution < 1.29 is 14.4 Å². The average molecular weight is 443 g/mol. The molecular formula is C22H23BrN2O3. The number of likely N-dealkylation sites (tertiary alicyclic amines) is 1. The minimum Gasteiger partial charge on any atom is -0.353 e. The molecule has 0 unspecified atom stereocenters. The Kier molecular flexibility index (Phi) is 4.38. The second-order valence-corrected chi connectivity index (χ2v) is 9.56. The Bertz CT molecular complexity index is 930. The first-order valence-electron chi connectivity index (χ1n) is 9.43. The highest BCUT2D eigenvalue weighted by Crippen LogP contribution is 2.50. The number of amides is 2. The van der Waals surface area contributed by atoms with Gasteiger partial charge in [0, 0.05) is 22.1 Å². The number of nitrogens with zero attached hydrogens (tertiary/aromatic N) is 2. The van der Waals surface area contributed by atoms with Gasteiger partial charge in [-0.3, -0.25) is 19.3 Å². The van der Waals surface area contributed by atoms with Crippen LogP contribution in [0.4, 0.5) is 5.69 Å². The van der Waals surface area contributed by atoms with E-state index in [2.05, 4.69) is 22.5 Å². The Balaban J connectivity index is 1.88. The van der Waals surface area contributed by atoms with Gasteiger partial charge < -0.3 is 4.90 Å². The molecule has 28 heavy (non-hydrogen) atoms. The lowest BCUT2D eigenvalue weighted by Gasteiger charge is -2.38. The third-order valence-corrected chi connectivity index (χ3v) is 6.37. The molecule has 0 saturated carbocycles. The van der Waals surface area contributed by atoms with Gasteiger partial charge in [-0.25, -0.2) is 0 Å². The molecule has 3 aliphatic rings. The Morgan fingerprint density at radius 1 is 1.21 bits per heavy atom. The number of carbonyl (C=O) groups excluding carboxylic acids is 3. The van der Waals surface area contributed by atoms with E-state index in [-0.39, 0.29) is 30.2 Å². The van der Waals surface area contributed by atoms with Crippen molar-refractivity contribution in [2.45, 2.75) is 32.9 Å². The Morgan fingerprint density at radius 3 is 2.54 bits per heavy atom. The Labute approximate surface area is 173 Å². The topological polar surface area (TPSA) is 57.7 Å². The summed E-state index contributed by atoms with van der Waals surface area (Å²) in [5, 5.41) is 0. The molecule has 0 N–H and O–H groups in total. The molecule has 4 atom stereocenters. The van der Waals surface area contributed by atoms with Gasteiger partial charge in [0.2, 0.25) is 11.8 Å². The van der Waals surface area contributed by atoms with E-state index in [0.29, 0.717) is 0 Å². The number of imide groups is 1. The van der Waals surface area contributed by atoms with Crippen molar-refractivity contribution in [1.82, 2.24) is 4.90 Å². The van der Waals surface area contributed by atoms with E-state index in [0.717, 1.165) is 15.7 Å². The number of ketones is 1. The highest BCUT2D eigenvalue weighted by Gasteiger charge is 2.64. The number of benzene rings is 1. The van der Waals surface area contributed by atoms with E-state index in [4.69, 9.17) is 0 Å². The van der Waals surface area contributed by atoms with Crippen LogP contribution in [0.15, 0.2) is 41.4 Å². The monoisotopic (exact) mass is 442 g/mol. The van der Waals surface area contributed by atoms with Crippen LogP contribution in [0.5, 0.6) is 0 Å². The van der Waals surface area contributed by atoms with Crippen LogP contribution in [-0.2, 0) is 14.4 Å². The molecule has 5 nitrogen and oxygen atoms in total. The lowest BCUT2D eigenvalue weighted by atomic mass is 9.79. The SMILES string of the molecule is C=CCN1C(=O)[C@@H]2[C@H](C1=O)[C@@H](C(=O)C(C)(C)C)N1c3ccc(Br)cc3C=C[C@@H]21. The molecule has 0 radical (unpaired) electrons. The van der Waals surface area contributed by atoms with Crippen LogP contribution < -0.4 is 4.90 Å². The van der Waals surface area contributed by atoms with Crippen molar-refractivity contribution in [3.63, 3.8) is 0 Å². The predicted molar refractivity (Wildman–Crippen MR) is 112 cm³/mol. The van der Waals surface area contributed by atoms with Gasteiger partial charge in [-0.05, 0) is 23.8 Å². The third kappa shape index (κ3) is 2.61. The van der Waals surface area contributed by atoms with Gasteiger partial charge in [-0.1, -0.05) is 54.9 Å². The molecule has 3 heterocycles. The summed E-state index contributed by atoms with van der Waals surface area (Å²) < 4.78 is 0.941. The number of hydrogen-bond donors (Lipinski definition) is 0. The van der Waals surface area contributed by atoms with Crippen LogP contribution in [0.1, 0.15) is 26.3 Å². The van der Waals surface area contributed by atoms with Gasteiger partial charge in [0.15, 0.2) is 5.78 Å². The summed E-state index contributed by atoms with van der Waals surface area (Å²) in [5.74, 6) is -1.70. The second-order valence-electron chi connectivity index (χ2n) is 8.65. The zero-order valence-electron chi connectivity index (χ0n) is 16.2. The molecule has 0 bridgehead atoms. The first-order chi connectivity index (χ1) is 13.2. The van der Waals surface area contributed by atoms with Crippen LogP contribution >= 0.6 is 15.9 Å². The number of fused-ring (bicyclic) bond motifs is 5. The van der Waals surface area contributed by atoms with Crippen molar-refractivity contribution >= 4 is 45.3 Å². The fourth-order valence-electron chi connectivity index (χ4n) is 4.66. The van der Waals surface area contributed by atoms with Gasteiger partial charge >= 0.3 is 0 Å². The van der Waals surface area contributed by atoms with Crippen molar-refractivity contribution in [2.24, 2.45) is 17.3 Å². The summed E-state index contributed by atoms with van der Waals surface area (Å²) in [7, 11) is 0. The molecule has 2 saturated heterocycles. The number of hydrogen-bond acceptors (Lipinski definition) is 4.